The van der Waals surface area contributed by atoms with Gasteiger partial charge < -0.3 is 14.6 Å². The molecule has 0 fully saturated rings. The van der Waals surface area contributed by atoms with Crippen LogP contribution in [0.4, 0.5) is 0 Å². The first-order valence-corrected chi connectivity index (χ1v) is 13.2. The molecule has 0 saturated carbocycles. The number of methoxy groups -OCH3 is 2. The zero-order valence-corrected chi connectivity index (χ0v) is 23.5. The molecule has 0 aliphatic heterocycles. The third kappa shape index (κ3) is 6.56. The zero-order chi connectivity index (χ0) is 26.2. The van der Waals surface area contributed by atoms with Gasteiger partial charge in [-0.15, -0.1) is 0 Å². The van der Waals surface area contributed by atoms with Crippen LogP contribution in [0.15, 0.2) is 4.90 Å². The van der Waals surface area contributed by atoms with Gasteiger partial charge in [0, 0.05) is 11.1 Å². The molecular weight excluding hydrogens is 440 g/mol. The Bertz CT molecular complexity index is 937. The lowest BCUT2D eigenvalue weighted by molar-refractivity contribution is 0.0762. The van der Waals surface area contributed by atoms with Gasteiger partial charge in [-0.3, -0.25) is 4.55 Å². The van der Waals surface area contributed by atoms with Crippen LogP contribution in [0.25, 0.3) is 0 Å². The molecule has 0 amide bonds. The molecule has 33 heavy (non-hydrogen) atoms. The minimum Gasteiger partial charge on any atom is -0.506 e. The van der Waals surface area contributed by atoms with E-state index in [1.165, 1.54) is 14.2 Å². The highest BCUT2D eigenvalue weighted by Crippen LogP contribution is 2.60. The van der Waals surface area contributed by atoms with Crippen LogP contribution in [0.3, 0.4) is 0 Å². The Hall–Kier alpha value is -1.47. The maximum absolute atomic E-state index is 12.2. The monoisotopic (exact) mass is 486 g/mol. The van der Waals surface area contributed by atoms with Crippen molar-refractivity contribution >= 4 is 10.1 Å². The number of hydrogen-bond acceptors (Lipinski definition) is 5. The molecule has 1 rings (SSSR count). The van der Waals surface area contributed by atoms with E-state index in [0.29, 0.717) is 17.9 Å². The van der Waals surface area contributed by atoms with Crippen molar-refractivity contribution in [2.75, 3.05) is 14.2 Å². The summed E-state index contributed by atoms with van der Waals surface area (Å²) in [5, 5.41) is 11.2. The van der Waals surface area contributed by atoms with E-state index in [1.54, 1.807) is 0 Å². The molecule has 1 aromatic carbocycles. The van der Waals surface area contributed by atoms with E-state index in [4.69, 9.17) is 9.47 Å². The van der Waals surface area contributed by atoms with Gasteiger partial charge in [-0.05, 0) is 47.3 Å². The normalized spacial score (nSPS) is 14.5. The standard InChI is InChI=1S/C26H46O6S/c1-13-17-18(20(31-11)21(32-12)22(19(17)27)33(28,29)30)23(25(7,8)14-16(2)3)26(9,10)15-24(4,5)6/h16,23,27H,13-15H2,1-12H3,(H,28,29,30). The number of phenols is 1. The maximum atomic E-state index is 12.2. The fourth-order valence-electron chi connectivity index (χ4n) is 6.50. The quantitative estimate of drug-likeness (QED) is 0.352. The molecule has 0 bridgehead atoms. The van der Waals surface area contributed by atoms with Gasteiger partial charge >= 0.3 is 10.1 Å². The van der Waals surface area contributed by atoms with Crippen molar-refractivity contribution in [3.63, 3.8) is 0 Å². The van der Waals surface area contributed by atoms with Crippen LogP contribution in [-0.2, 0) is 16.5 Å². The van der Waals surface area contributed by atoms with E-state index in [2.05, 4.69) is 62.3 Å². The summed E-state index contributed by atoms with van der Waals surface area (Å²) in [6, 6.07) is 0. The summed E-state index contributed by atoms with van der Waals surface area (Å²) in [4.78, 5) is -0.642. The van der Waals surface area contributed by atoms with Crippen LogP contribution >= 0.6 is 0 Å². The predicted octanol–water partition coefficient (Wildman–Crippen LogP) is 6.84. The topological polar surface area (TPSA) is 93.1 Å². The first-order valence-electron chi connectivity index (χ1n) is 11.7. The third-order valence-corrected chi connectivity index (χ3v) is 7.17. The predicted molar refractivity (Wildman–Crippen MR) is 134 cm³/mol. The van der Waals surface area contributed by atoms with Gasteiger partial charge in [-0.1, -0.05) is 69.2 Å². The highest BCUT2D eigenvalue weighted by atomic mass is 32.2. The van der Waals surface area contributed by atoms with Crippen LogP contribution in [-0.4, -0.2) is 32.3 Å². The van der Waals surface area contributed by atoms with E-state index in [1.807, 2.05) is 6.92 Å². The van der Waals surface area contributed by atoms with Crippen molar-refractivity contribution in [1.29, 1.82) is 0 Å². The molecule has 1 unspecified atom stereocenters. The van der Waals surface area contributed by atoms with Gasteiger partial charge in [-0.2, -0.15) is 8.42 Å². The summed E-state index contributed by atoms with van der Waals surface area (Å²) in [7, 11) is -1.98. The summed E-state index contributed by atoms with van der Waals surface area (Å²) in [5.41, 5.74) is 0.781. The summed E-state index contributed by atoms with van der Waals surface area (Å²) in [6.45, 7) is 21.8. The molecule has 0 aromatic heterocycles. The number of phenolic OH excluding ortho intramolecular Hbond substituents is 1. The van der Waals surface area contributed by atoms with E-state index in [9.17, 15) is 18.1 Å². The second kappa shape index (κ2) is 10.0. The van der Waals surface area contributed by atoms with Crippen LogP contribution in [0, 0.1) is 22.2 Å². The van der Waals surface area contributed by atoms with Crippen LogP contribution < -0.4 is 9.47 Å². The molecule has 6 nitrogen and oxygen atoms in total. The second-order valence-corrected chi connectivity index (χ2v) is 13.6. The molecule has 0 aliphatic carbocycles. The lowest BCUT2D eigenvalue weighted by Crippen LogP contribution is -2.38. The molecule has 192 valence electrons. The number of rotatable bonds is 10. The first kappa shape index (κ1) is 29.6. The molecule has 0 saturated heterocycles. The van der Waals surface area contributed by atoms with E-state index in [0.717, 1.165) is 18.4 Å². The van der Waals surface area contributed by atoms with Gasteiger partial charge in [0.05, 0.1) is 14.2 Å². The highest BCUT2D eigenvalue weighted by Gasteiger charge is 2.47. The Balaban J connectivity index is 4.28. The Morgan fingerprint density at radius 1 is 0.909 bits per heavy atom. The first-order chi connectivity index (χ1) is 14.7. The minimum atomic E-state index is -4.76. The maximum Gasteiger partial charge on any atom is 0.302 e. The van der Waals surface area contributed by atoms with E-state index in [-0.39, 0.29) is 33.7 Å². The van der Waals surface area contributed by atoms with Crippen molar-refractivity contribution in [1.82, 2.24) is 0 Å². The molecule has 1 atom stereocenters. The number of ether oxygens (including phenoxy) is 2. The van der Waals surface area contributed by atoms with Crippen molar-refractivity contribution in [2.24, 2.45) is 22.2 Å². The van der Waals surface area contributed by atoms with Crippen molar-refractivity contribution in [3.8, 4) is 17.2 Å². The zero-order valence-electron chi connectivity index (χ0n) is 22.7. The van der Waals surface area contributed by atoms with E-state index >= 15 is 0 Å². The molecule has 0 aliphatic rings. The van der Waals surface area contributed by atoms with Crippen LogP contribution in [0.5, 0.6) is 17.2 Å². The summed E-state index contributed by atoms with van der Waals surface area (Å²) >= 11 is 0. The molecule has 0 radical (unpaired) electrons. The second-order valence-electron chi connectivity index (χ2n) is 12.2. The van der Waals surface area contributed by atoms with Crippen LogP contribution in [0.1, 0.15) is 99.1 Å². The van der Waals surface area contributed by atoms with Crippen molar-refractivity contribution in [2.45, 2.75) is 99.3 Å². The Morgan fingerprint density at radius 3 is 1.73 bits per heavy atom. The molecule has 0 heterocycles. The molecule has 7 heteroatoms. The van der Waals surface area contributed by atoms with Crippen LogP contribution in [0.2, 0.25) is 0 Å². The number of benzene rings is 1. The molecular formula is C26H46O6S. The summed E-state index contributed by atoms with van der Waals surface area (Å²) in [6.07, 6.45) is 2.17. The molecule has 1 aromatic rings. The Labute approximate surface area is 201 Å². The molecule has 0 spiro atoms. The fourth-order valence-corrected chi connectivity index (χ4v) is 7.28. The fraction of sp³-hybridized carbons (Fsp3) is 0.769. The summed E-state index contributed by atoms with van der Waals surface area (Å²) < 4.78 is 45.6. The van der Waals surface area contributed by atoms with Gasteiger partial charge in [0.25, 0.3) is 0 Å². The van der Waals surface area contributed by atoms with Crippen molar-refractivity contribution in [3.05, 3.63) is 11.1 Å². The van der Waals surface area contributed by atoms with Gasteiger partial charge in [-0.25, -0.2) is 0 Å². The average Bonchev–Trinajstić information content (AvgIpc) is 2.56. The Morgan fingerprint density at radius 2 is 1.39 bits per heavy atom. The van der Waals surface area contributed by atoms with Gasteiger partial charge in [0.15, 0.2) is 16.4 Å². The highest BCUT2D eigenvalue weighted by molar-refractivity contribution is 7.86. The van der Waals surface area contributed by atoms with Crippen molar-refractivity contribution < 1.29 is 27.6 Å². The Kier molecular flexibility index (Phi) is 8.98. The van der Waals surface area contributed by atoms with E-state index < -0.39 is 20.8 Å². The smallest absolute Gasteiger partial charge is 0.302 e. The lowest BCUT2D eigenvalue weighted by atomic mass is 9.55. The van der Waals surface area contributed by atoms with Gasteiger partial charge in [0.2, 0.25) is 0 Å². The molecule has 2 N–H and O–H groups in total. The summed E-state index contributed by atoms with van der Waals surface area (Å²) in [5.74, 6) is -0.0573. The number of aromatic hydroxyl groups is 1. The van der Waals surface area contributed by atoms with Gasteiger partial charge in [0.1, 0.15) is 5.75 Å². The lowest BCUT2D eigenvalue weighted by Gasteiger charge is -2.49. The number of hydrogen-bond donors (Lipinski definition) is 2. The average molecular weight is 487 g/mol. The largest absolute Gasteiger partial charge is 0.506 e. The minimum absolute atomic E-state index is 0.0375. The third-order valence-electron chi connectivity index (χ3n) is 6.27. The SMILES string of the molecule is CCc1c(O)c(S(=O)(=O)O)c(OC)c(OC)c1C(C(C)(C)CC(C)C)C(C)(C)CC(C)(C)C.